The first-order valence-electron chi connectivity index (χ1n) is 10.8. The number of ketones is 1. The van der Waals surface area contributed by atoms with Crippen molar-refractivity contribution in [2.24, 2.45) is 0 Å². The maximum Gasteiger partial charge on any atom is 0.300 e. The normalized spacial score (nSPS) is 17.2. The van der Waals surface area contributed by atoms with Gasteiger partial charge >= 0.3 is 0 Å². The number of aliphatic hydroxyl groups is 1. The summed E-state index contributed by atoms with van der Waals surface area (Å²) in [6.07, 6.45) is 0. The summed E-state index contributed by atoms with van der Waals surface area (Å²) in [5.41, 5.74) is 2.20. The molecule has 1 atom stereocenters. The third-order valence-corrected chi connectivity index (χ3v) is 5.86. The quantitative estimate of drug-likeness (QED) is 0.281. The number of aryl methyl sites for hydroxylation is 1. The van der Waals surface area contributed by atoms with E-state index in [9.17, 15) is 14.7 Å². The summed E-state index contributed by atoms with van der Waals surface area (Å²) in [4.78, 5) is 28.0. The van der Waals surface area contributed by atoms with E-state index < -0.39 is 17.7 Å². The topological polar surface area (TPSA) is 76.1 Å². The van der Waals surface area contributed by atoms with Crippen LogP contribution in [0.3, 0.4) is 0 Å². The van der Waals surface area contributed by atoms with E-state index >= 15 is 0 Å². The number of halogens is 1. The Morgan fingerprint density at radius 3 is 2.53 bits per heavy atom. The molecule has 1 N–H and O–H groups in total. The lowest BCUT2D eigenvalue weighted by Crippen LogP contribution is -2.29. The molecule has 174 valence electrons. The fraction of sp³-hybridized carbons (Fsp3) is 0.185. The van der Waals surface area contributed by atoms with Crippen molar-refractivity contribution in [3.63, 3.8) is 0 Å². The number of ether oxygens (including phenoxy) is 2. The monoisotopic (exact) mass is 477 g/mol. The van der Waals surface area contributed by atoms with Gasteiger partial charge in [-0.25, -0.2) is 0 Å². The van der Waals surface area contributed by atoms with Crippen molar-refractivity contribution in [3.05, 3.63) is 94.0 Å². The number of carbonyl (C=O) groups excluding carboxylic acids is 2. The van der Waals surface area contributed by atoms with Crippen LogP contribution in [0, 0.1) is 6.92 Å². The zero-order chi connectivity index (χ0) is 24.4. The van der Waals surface area contributed by atoms with Gasteiger partial charge in [0.15, 0.2) is 0 Å². The minimum absolute atomic E-state index is 0.0393. The molecule has 1 unspecified atom stereocenters. The maximum absolute atomic E-state index is 13.4. The zero-order valence-corrected chi connectivity index (χ0v) is 19.8. The Hall–Kier alpha value is -3.77. The molecular formula is C27H24ClNO5. The first-order valence-corrected chi connectivity index (χ1v) is 11.2. The lowest BCUT2D eigenvalue weighted by atomic mass is 9.94. The summed E-state index contributed by atoms with van der Waals surface area (Å²) < 4.78 is 11.1. The maximum atomic E-state index is 13.4. The molecular weight excluding hydrogens is 454 g/mol. The largest absolute Gasteiger partial charge is 0.507 e. The van der Waals surface area contributed by atoms with E-state index in [0.29, 0.717) is 39.9 Å². The standard InChI is InChI=1S/C27H24ClNO5/c1-4-34-20-10-5-7-17(14-20)24-23(25(30)21-13-16(2)11-12-22(21)33-3)26(31)27(32)29(24)19-9-6-8-18(28)15-19/h5-15,24,30H,4H2,1-3H3/b25-23+. The van der Waals surface area contributed by atoms with Gasteiger partial charge in [0, 0.05) is 10.7 Å². The second kappa shape index (κ2) is 9.61. The molecule has 1 saturated heterocycles. The van der Waals surface area contributed by atoms with Crippen LogP contribution in [-0.2, 0) is 9.59 Å². The third-order valence-electron chi connectivity index (χ3n) is 5.63. The van der Waals surface area contributed by atoms with E-state index in [4.69, 9.17) is 21.1 Å². The summed E-state index contributed by atoms with van der Waals surface area (Å²) in [7, 11) is 1.48. The van der Waals surface area contributed by atoms with Gasteiger partial charge in [0.2, 0.25) is 0 Å². The Morgan fingerprint density at radius 1 is 1.06 bits per heavy atom. The second-order valence-electron chi connectivity index (χ2n) is 7.86. The zero-order valence-electron chi connectivity index (χ0n) is 19.0. The van der Waals surface area contributed by atoms with Gasteiger partial charge in [0.25, 0.3) is 11.7 Å². The van der Waals surface area contributed by atoms with Gasteiger partial charge in [-0.2, -0.15) is 0 Å². The van der Waals surface area contributed by atoms with Gasteiger partial charge in [0.1, 0.15) is 17.3 Å². The van der Waals surface area contributed by atoms with Gasteiger partial charge in [-0.1, -0.05) is 41.4 Å². The molecule has 0 spiro atoms. The van der Waals surface area contributed by atoms with E-state index in [1.54, 1.807) is 60.7 Å². The fourth-order valence-corrected chi connectivity index (χ4v) is 4.32. The first-order chi connectivity index (χ1) is 16.3. The molecule has 7 heteroatoms. The average molecular weight is 478 g/mol. The predicted molar refractivity (Wildman–Crippen MR) is 132 cm³/mol. The van der Waals surface area contributed by atoms with Crippen molar-refractivity contribution in [2.45, 2.75) is 19.9 Å². The third kappa shape index (κ3) is 4.24. The molecule has 1 fully saturated rings. The van der Waals surface area contributed by atoms with Crippen LogP contribution in [0.5, 0.6) is 11.5 Å². The van der Waals surface area contributed by atoms with E-state index in [1.165, 1.54) is 12.0 Å². The van der Waals surface area contributed by atoms with Crippen molar-refractivity contribution < 1.29 is 24.2 Å². The van der Waals surface area contributed by atoms with Gasteiger partial charge in [-0.05, 0) is 61.9 Å². The van der Waals surface area contributed by atoms with E-state index in [2.05, 4.69) is 0 Å². The second-order valence-corrected chi connectivity index (χ2v) is 8.29. The molecule has 0 saturated carbocycles. The van der Waals surface area contributed by atoms with E-state index in [-0.39, 0.29) is 11.3 Å². The SMILES string of the molecule is CCOc1cccc(C2/C(=C(\O)c3cc(C)ccc3OC)C(=O)C(=O)N2c2cccc(Cl)c2)c1. The smallest absolute Gasteiger partial charge is 0.300 e. The molecule has 0 bridgehead atoms. The number of aliphatic hydroxyl groups excluding tert-OH is 1. The summed E-state index contributed by atoms with van der Waals surface area (Å²) >= 11 is 6.20. The van der Waals surface area contributed by atoms with Gasteiger partial charge in [0.05, 0.1) is 30.9 Å². The molecule has 0 aromatic heterocycles. The number of Topliss-reactive ketones (excluding diaryl/α,β-unsaturated/α-hetero) is 1. The lowest BCUT2D eigenvalue weighted by Gasteiger charge is -2.26. The molecule has 6 nitrogen and oxygen atoms in total. The van der Waals surface area contributed by atoms with Gasteiger partial charge in [-0.15, -0.1) is 0 Å². The molecule has 3 aromatic rings. The van der Waals surface area contributed by atoms with Crippen molar-refractivity contribution in [3.8, 4) is 11.5 Å². The molecule has 1 amide bonds. The summed E-state index contributed by atoms with van der Waals surface area (Å²) in [6, 6.07) is 18.2. The number of carbonyl (C=O) groups is 2. The Morgan fingerprint density at radius 2 is 1.82 bits per heavy atom. The van der Waals surface area contributed by atoms with Gasteiger partial charge < -0.3 is 14.6 Å². The number of hydrogen-bond donors (Lipinski definition) is 1. The Kier molecular flexibility index (Phi) is 6.61. The highest BCUT2D eigenvalue weighted by Gasteiger charge is 2.47. The molecule has 3 aromatic carbocycles. The number of methoxy groups -OCH3 is 1. The Balaban J connectivity index is 1.99. The van der Waals surface area contributed by atoms with E-state index in [1.807, 2.05) is 19.9 Å². The molecule has 1 heterocycles. The molecule has 0 radical (unpaired) electrons. The van der Waals surface area contributed by atoms with Crippen LogP contribution in [0.15, 0.2) is 72.3 Å². The van der Waals surface area contributed by atoms with Crippen molar-refractivity contribution in [2.75, 3.05) is 18.6 Å². The number of benzene rings is 3. The highest BCUT2D eigenvalue weighted by Crippen LogP contribution is 2.44. The van der Waals surface area contributed by atoms with Crippen LogP contribution in [0.4, 0.5) is 5.69 Å². The minimum atomic E-state index is -0.899. The number of anilines is 1. The van der Waals surface area contributed by atoms with Crippen LogP contribution in [0.1, 0.15) is 29.7 Å². The summed E-state index contributed by atoms with van der Waals surface area (Å²) in [5.74, 6) is -0.894. The van der Waals surface area contributed by atoms with Crippen LogP contribution in [-0.4, -0.2) is 30.5 Å². The fourth-order valence-electron chi connectivity index (χ4n) is 4.13. The Labute approximate surface area is 203 Å². The van der Waals surface area contributed by atoms with Crippen molar-refractivity contribution in [1.82, 2.24) is 0 Å². The van der Waals surface area contributed by atoms with E-state index in [0.717, 1.165) is 5.56 Å². The van der Waals surface area contributed by atoms with Gasteiger partial charge in [-0.3, -0.25) is 14.5 Å². The minimum Gasteiger partial charge on any atom is -0.507 e. The number of nitrogens with zero attached hydrogens (tertiary/aromatic N) is 1. The number of hydrogen-bond acceptors (Lipinski definition) is 5. The van der Waals surface area contributed by atoms with Crippen LogP contribution in [0.2, 0.25) is 5.02 Å². The first kappa shape index (κ1) is 23.4. The number of amides is 1. The van der Waals surface area contributed by atoms with Crippen LogP contribution < -0.4 is 14.4 Å². The highest BCUT2D eigenvalue weighted by molar-refractivity contribution is 6.51. The van der Waals surface area contributed by atoms with Crippen molar-refractivity contribution in [1.29, 1.82) is 0 Å². The van der Waals surface area contributed by atoms with Crippen molar-refractivity contribution >= 4 is 34.7 Å². The van der Waals surface area contributed by atoms with Crippen LogP contribution in [0.25, 0.3) is 5.76 Å². The van der Waals surface area contributed by atoms with Crippen LogP contribution >= 0.6 is 11.6 Å². The molecule has 0 aliphatic carbocycles. The lowest BCUT2D eigenvalue weighted by molar-refractivity contribution is -0.132. The molecule has 34 heavy (non-hydrogen) atoms. The predicted octanol–water partition coefficient (Wildman–Crippen LogP) is 5.68. The Bertz CT molecular complexity index is 1300. The number of rotatable bonds is 6. The molecule has 1 aliphatic rings. The summed E-state index contributed by atoms with van der Waals surface area (Å²) in [6.45, 7) is 4.19. The highest BCUT2D eigenvalue weighted by atomic mass is 35.5. The molecule has 4 rings (SSSR count). The summed E-state index contributed by atoms with van der Waals surface area (Å²) in [5, 5.41) is 11.8. The molecule has 1 aliphatic heterocycles. The average Bonchev–Trinajstić information content (AvgIpc) is 3.09.